The molecule has 3 heteroatoms. The van der Waals surface area contributed by atoms with Gasteiger partial charge in [0.2, 0.25) is 0 Å². The van der Waals surface area contributed by atoms with Crippen LogP contribution < -0.4 is 4.57 Å². The van der Waals surface area contributed by atoms with Crippen molar-refractivity contribution >= 4 is 38.5 Å². The Labute approximate surface area is 158 Å². The molecule has 3 heterocycles. The fourth-order valence-corrected chi connectivity index (χ4v) is 4.42. The fraction of sp³-hybridized carbons (Fsp3) is 0.250. The van der Waals surface area contributed by atoms with Crippen molar-refractivity contribution < 1.29 is 4.57 Å². The van der Waals surface area contributed by atoms with Crippen molar-refractivity contribution in [1.82, 2.24) is 9.38 Å². The van der Waals surface area contributed by atoms with E-state index in [0.717, 1.165) is 24.1 Å². The Balaban J connectivity index is 2.19. The molecular weight excluding hydrogens is 330 g/mol. The predicted molar refractivity (Wildman–Crippen MR) is 112 cm³/mol. The number of pyridine rings is 2. The van der Waals surface area contributed by atoms with Crippen LogP contribution in [0.1, 0.15) is 30.7 Å². The summed E-state index contributed by atoms with van der Waals surface area (Å²) >= 11 is 0. The van der Waals surface area contributed by atoms with E-state index in [2.05, 4.69) is 85.3 Å². The van der Waals surface area contributed by atoms with E-state index < -0.39 is 0 Å². The minimum Gasteiger partial charge on any atom is -0.252 e. The molecule has 0 atom stereocenters. The summed E-state index contributed by atoms with van der Waals surface area (Å²) in [4.78, 5) is 5.07. The minimum atomic E-state index is 0.950. The zero-order valence-corrected chi connectivity index (χ0v) is 16.4. The molecule has 2 aromatic carbocycles. The molecule has 5 aromatic rings. The van der Waals surface area contributed by atoms with Crippen LogP contribution in [0.3, 0.4) is 0 Å². The molecule has 0 saturated heterocycles. The van der Waals surface area contributed by atoms with E-state index in [0.29, 0.717) is 0 Å². The lowest BCUT2D eigenvalue weighted by Gasteiger charge is -2.09. The highest BCUT2D eigenvalue weighted by Gasteiger charge is 2.25. The average molecular weight is 354 g/mol. The van der Waals surface area contributed by atoms with Crippen molar-refractivity contribution in [2.24, 2.45) is 7.05 Å². The summed E-state index contributed by atoms with van der Waals surface area (Å²) in [6.45, 7) is 6.60. The lowest BCUT2D eigenvalue weighted by molar-refractivity contribution is -0.617. The first-order chi connectivity index (χ1) is 13.1. The lowest BCUT2D eigenvalue weighted by Crippen LogP contribution is -2.27. The molecule has 0 amide bonds. The highest BCUT2D eigenvalue weighted by atomic mass is 15.1. The first-order valence-electron chi connectivity index (χ1n) is 9.78. The van der Waals surface area contributed by atoms with Crippen LogP contribution in [0.5, 0.6) is 0 Å². The maximum Gasteiger partial charge on any atom is 0.297 e. The summed E-state index contributed by atoms with van der Waals surface area (Å²) in [6.07, 6.45) is 1.98. The highest BCUT2D eigenvalue weighted by Crippen LogP contribution is 2.33. The molecule has 0 aliphatic heterocycles. The summed E-state index contributed by atoms with van der Waals surface area (Å²) in [5.41, 5.74) is 9.88. The molecule has 3 aromatic heterocycles. The third-order valence-corrected chi connectivity index (χ3v) is 5.84. The largest absolute Gasteiger partial charge is 0.297 e. The zero-order valence-electron chi connectivity index (χ0n) is 16.4. The third-order valence-electron chi connectivity index (χ3n) is 5.84. The van der Waals surface area contributed by atoms with Crippen molar-refractivity contribution in [1.29, 1.82) is 0 Å². The van der Waals surface area contributed by atoms with Gasteiger partial charge in [-0.05, 0) is 61.2 Å². The van der Waals surface area contributed by atoms with Crippen molar-refractivity contribution in [3.05, 3.63) is 65.4 Å². The monoisotopic (exact) mass is 354 g/mol. The van der Waals surface area contributed by atoms with Gasteiger partial charge in [-0.15, -0.1) is 0 Å². The maximum absolute atomic E-state index is 5.07. The highest BCUT2D eigenvalue weighted by molar-refractivity contribution is 6.12. The number of hydrogen-bond acceptors (Lipinski definition) is 1. The predicted octanol–water partition coefficient (Wildman–Crippen LogP) is 5.05. The van der Waals surface area contributed by atoms with Crippen LogP contribution in [0, 0.1) is 6.92 Å². The van der Waals surface area contributed by atoms with Crippen LogP contribution in [-0.2, 0) is 19.9 Å². The Morgan fingerprint density at radius 2 is 1.78 bits per heavy atom. The maximum atomic E-state index is 5.07. The number of imidazole rings is 1. The van der Waals surface area contributed by atoms with Gasteiger partial charge in [0.05, 0.1) is 18.0 Å². The molecule has 0 saturated carbocycles. The third kappa shape index (κ3) is 2.14. The van der Waals surface area contributed by atoms with Gasteiger partial charge >= 0.3 is 0 Å². The van der Waals surface area contributed by atoms with Gasteiger partial charge < -0.3 is 0 Å². The molecule has 0 aliphatic carbocycles. The van der Waals surface area contributed by atoms with E-state index in [1.165, 1.54) is 44.1 Å². The number of fused-ring (bicyclic) bond motifs is 8. The van der Waals surface area contributed by atoms with Crippen LogP contribution >= 0.6 is 0 Å². The van der Waals surface area contributed by atoms with E-state index in [9.17, 15) is 0 Å². The van der Waals surface area contributed by atoms with E-state index in [1.807, 2.05) is 0 Å². The van der Waals surface area contributed by atoms with Crippen molar-refractivity contribution in [3.8, 4) is 0 Å². The van der Waals surface area contributed by atoms with E-state index in [1.54, 1.807) is 0 Å². The van der Waals surface area contributed by atoms with Gasteiger partial charge in [0, 0.05) is 11.1 Å². The summed E-state index contributed by atoms with van der Waals surface area (Å²) in [5.74, 6) is 0. The molecule has 0 bridgehead atoms. The number of rotatable bonds is 2. The van der Waals surface area contributed by atoms with Gasteiger partial charge in [-0.25, -0.2) is 4.57 Å². The second-order valence-corrected chi connectivity index (χ2v) is 7.42. The first-order valence-corrected chi connectivity index (χ1v) is 9.78. The molecule has 0 aliphatic rings. The number of aryl methyl sites for hydroxylation is 4. The second-order valence-electron chi connectivity index (χ2n) is 7.42. The molecule has 3 nitrogen and oxygen atoms in total. The Bertz CT molecular complexity index is 1360. The average Bonchev–Trinajstić information content (AvgIpc) is 3.00. The van der Waals surface area contributed by atoms with Gasteiger partial charge in [-0.2, -0.15) is 4.40 Å². The molecule has 5 rings (SSSR count). The van der Waals surface area contributed by atoms with Crippen LogP contribution in [0.2, 0.25) is 0 Å². The van der Waals surface area contributed by atoms with Crippen molar-refractivity contribution in [2.75, 3.05) is 0 Å². The number of hydrogen-bond donors (Lipinski definition) is 0. The molecule has 134 valence electrons. The number of nitrogens with zero attached hydrogens (tertiary/aromatic N) is 3. The van der Waals surface area contributed by atoms with E-state index in [4.69, 9.17) is 4.98 Å². The molecule has 0 unspecified atom stereocenters. The molecular formula is C24H24N3+. The summed E-state index contributed by atoms with van der Waals surface area (Å²) < 4.78 is 4.74. The Kier molecular flexibility index (Phi) is 3.48. The number of para-hydroxylation sites is 2. The number of aromatic nitrogens is 3. The smallest absolute Gasteiger partial charge is 0.252 e. The summed E-state index contributed by atoms with van der Waals surface area (Å²) in [7, 11) is 2.17. The second kappa shape index (κ2) is 5.78. The molecule has 0 spiro atoms. The van der Waals surface area contributed by atoms with E-state index in [-0.39, 0.29) is 0 Å². The van der Waals surface area contributed by atoms with Crippen LogP contribution in [-0.4, -0.2) is 9.38 Å². The topological polar surface area (TPSA) is 21.2 Å². The van der Waals surface area contributed by atoms with Gasteiger partial charge in [0.15, 0.2) is 11.0 Å². The number of benzene rings is 2. The first kappa shape index (κ1) is 16.2. The fourth-order valence-electron chi connectivity index (χ4n) is 4.42. The van der Waals surface area contributed by atoms with Gasteiger partial charge in [0.25, 0.3) is 5.65 Å². The van der Waals surface area contributed by atoms with Gasteiger partial charge in [-0.3, -0.25) is 4.98 Å². The van der Waals surface area contributed by atoms with Crippen molar-refractivity contribution in [2.45, 2.75) is 33.6 Å². The minimum absolute atomic E-state index is 0.950. The van der Waals surface area contributed by atoms with Crippen LogP contribution in [0.25, 0.3) is 38.5 Å². The summed E-state index contributed by atoms with van der Waals surface area (Å²) in [6, 6.07) is 17.7. The zero-order chi connectivity index (χ0) is 18.7. The SMILES string of the molecule is CCc1ccc2c3nc(CC)cc(C)c3c3n(c2c1)c1ccccc1[n+]3C. The van der Waals surface area contributed by atoms with Crippen LogP contribution in [0.4, 0.5) is 0 Å². The Hall–Kier alpha value is -2.94. The van der Waals surface area contributed by atoms with E-state index >= 15 is 0 Å². The van der Waals surface area contributed by atoms with Crippen LogP contribution in [0.15, 0.2) is 48.5 Å². The lowest BCUT2D eigenvalue weighted by atomic mass is 10.0. The normalized spacial score (nSPS) is 12.0. The molecule has 0 N–H and O–H groups in total. The van der Waals surface area contributed by atoms with Gasteiger partial charge in [0.1, 0.15) is 5.52 Å². The standard InChI is InChI=1S/C24H24N3/c1-5-16-11-12-18-21(14-16)27-20-10-8-7-9-19(20)26(4)24(27)22-15(3)13-17(6-2)25-23(18)22/h7-14H,5-6H2,1-4H3/q+1. The molecule has 0 radical (unpaired) electrons. The van der Waals surface area contributed by atoms with Gasteiger partial charge in [-0.1, -0.05) is 32.0 Å². The molecule has 0 fully saturated rings. The Morgan fingerprint density at radius 1 is 0.963 bits per heavy atom. The quantitative estimate of drug-likeness (QED) is 0.321. The van der Waals surface area contributed by atoms with Crippen molar-refractivity contribution in [3.63, 3.8) is 0 Å². The Morgan fingerprint density at radius 3 is 2.56 bits per heavy atom. The molecule has 27 heavy (non-hydrogen) atoms. The summed E-state index contributed by atoms with van der Waals surface area (Å²) in [5, 5.41) is 2.48.